The van der Waals surface area contributed by atoms with E-state index < -0.39 is 6.04 Å². The first-order chi connectivity index (χ1) is 15.9. The van der Waals surface area contributed by atoms with Crippen molar-refractivity contribution in [1.29, 1.82) is 0 Å². The van der Waals surface area contributed by atoms with Gasteiger partial charge in [-0.15, -0.1) is 0 Å². The highest BCUT2D eigenvalue weighted by atomic mass is 16.5. The maximum atomic E-state index is 13.6. The maximum Gasteiger partial charge on any atom is 0.229 e. The zero-order chi connectivity index (χ0) is 23.8. The molecule has 0 radical (unpaired) electrons. The molecule has 6 heteroatoms. The number of carbonyl (C=O) groups excluding carboxylic acids is 2. The Kier molecular flexibility index (Phi) is 8.08. The summed E-state index contributed by atoms with van der Waals surface area (Å²) in [6, 6.07) is 24.7. The Morgan fingerprint density at radius 1 is 0.879 bits per heavy atom. The van der Waals surface area contributed by atoms with Crippen LogP contribution in [0.3, 0.4) is 0 Å². The predicted molar refractivity (Wildman–Crippen MR) is 133 cm³/mol. The summed E-state index contributed by atoms with van der Waals surface area (Å²) in [4.78, 5) is 29.2. The number of hydrogen-bond acceptors (Lipinski definition) is 4. The van der Waals surface area contributed by atoms with Crippen molar-refractivity contribution in [3.63, 3.8) is 0 Å². The average Bonchev–Trinajstić information content (AvgIpc) is 2.82. The number of benzene rings is 3. The molecule has 33 heavy (non-hydrogen) atoms. The van der Waals surface area contributed by atoms with E-state index >= 15 is 0 Å². The molecule has 1 unspecified atom stereocenters. The molecular weight excluding hydrogens is 414 g/mol. The van der Waals surface area contributed by atoms with Crippen LogP contribution in [-0.4, -0.2) is 33.0 Å². The lowest BCUT2D eigenvalue weighted by Gasteiger charge is -2.26. The third-order valence-electron chi connectivity index (χ3n) is 5.44. The van der Waals surface area contributed by atoms with E-state index in [4.69, 9.17) is 4.74 Å². The highest BCUT2D eigenvalue weighted by Gasteiger charge is 2.23. The molecule has 3 rings (SSSR count). The summed E-state index contributed by atoms with van der Waals surface area (Å²) in [6.45, 7) is 1.88. The Balaban J connectivity index is 1.89. The van der Waals surface area contributed by atoms with Crippen molar-refractivity contribution in [1.82, 2.24) is 5.32 Å². The van der Waals surface area contributed by atoms with Crippen molar-refractivity contribution in [3.05, 3.63) is 90.0 Å². The van der Waals surface area contributed by atoms with Crippen molar-refractivity contribution in [3.8, 4) is 5.75 Å². The lowest BCUT2D eigenvalue weighted by Crippen LogP contribution is -2.35. The first-order valence-corrected chi connectivity index (χ1v) is 10.9. The summed E-state index contributed by atoms with van der Waals surface area (Å²) in [7, 11) is 5.60. The van der Waals surface area contributed by atoms with E-state index in [2.05, 4.69) is 5.32 Å². The first-order valence-electron chi connectivity index (χ1n) is 10.9. The molecule has 172 valence electrons. The van der Waals surface area contributed by atoms with Crippen LogP contribution in [0, 0.1) is 0 Å². The van der Waals surface area contributed by atoms with E-state index in [-0.39, 0.29) is 18.2 Å². The summed E-state index contributed by atoms with van der Waals surface area (Å²) in [5, 5.41) is 2.92. The van der Waals surface area contributed by atoms with Crippen LogP contribution in [0.1, 0.15) is 30.5 Å². The molecule has 3 aromatic carbocycles. The minimum absolute atomic E-state index is 0.0838. The second-order valence-corrected chi connectivity index (χ2v) is 8.11. The van der Waals surface area contributed by atoms with Crippen LogP contribution in [0.15, 0.2) is 78.9 Å². The van der Waals surface area contributed by atoms with Gasteiger partial charge in [-0.05, 0) is 47.5 Å². The van der Waals surface area contributed by atoms with Gasteiger partial charge in [0, 0.05) is 32.4 Å². The number of anilines is 2. The quantitative estimate of drug-likeness (QED) is 0.524. The zero-order valence-corrected chi connectivity index (χ0v) is 19.6. The predicted octanol–water partition coefficient (Wildman–Crippen LogP) is 4.56. The van der Waals surface area contributed by atoms with Gasteiger partial charge in [0.2, 0.25) is 11.8 Å². The van der Waals surface area contributed by atoms with Crippen molar-refractivity contribution in [2.45, 2.75) is 25.9 Å². The number of ether oxygens (including phenoxy) is 1. The Labute approximate surface area is 195 Å². The number of nitrogens with zero attached hydrogens (tertiary/aromatic N) is 2. The van der Waals surface area contributed by atoms with Crippen LogP contribution in [0.5, 0.6) is 5.75 Å². The maximum absolute atomic E-state index is 13.6. The number of rotatable bonds is 9. The summed E-state index contributed by atoms with van der Waals surface area (Å²) >= 11 is 0. The van der Waals surface area contributed by atoms with Crippen LogP contribution in [0.4, 0.5) is 11.4 Å². The monoisotopic (exact) mass is 445 g/mol. The first kappa shape index (κ1) is 23.9. The number of methoxy groups -OCH3 is 1. The summed E-state index contributed by atoms with van der Waals surface area (Å²) in [5.41, 5.74) is 3.77. The van der Waals surface area contributed by atoms with Crippen molar-refractivity contribution in [2.75, 3.05) is 31.0 Å². The summed E-state index contributed by atoms with van der Waals surface area (Å²) in [6.07, 6.45) is 0.144. The minimum Gasteiger partial charge on any atom is -0.497 e. The fourth-order valence-electron chi connectivity index (χ4n) is 3.64. The highest BCUT2D eigenvalue weighted by Crippen LogP contribution is 2.25. The molecule has 0 aliphatic heterocycles. The molecule has 0 spiro atoms. The van der Waals surface area contributed by atoms with E-state index in [0.717, 1.165) is 28.3 Å². The van der Waals surface area contributed by atoms with E-state index in [1.165, 1.54) is 6.92 Å². The Bertz CT molecular complexity index is 1050. The fourth-order valence-corrected chi connectivity index (χ4v) is 3.64. The van der Waals surface area contributed by atoms with E-state index in [1.807, 2.05) is 97.9 Å². The number of hydrogen-bond donors (Lipinski definition) is 1. The lowest BCUT2D eigenvalue weighted by molar-refractivity contribution is -0.121. The van der Waals surface area contributed by atoms with Gasteiger partial charge >= 0.3 is 0 Å². The highest BCUT2D eigenvalue weighted by molar-refractivity contribution is 5.94. The van der Waals surface area contributed by atoms with Crippen molar-refractivity contribution >= 4 is 23.2 Å². The van der Waals surface area contributed by atoms with Gasteiger partial charge in [-0.3, -0.25) is 9.59 Å². The van der Waals surface area contributed by atoms with Crippen molar-refractivity contribution in [2.24, 2.45) is 0 Å². The average molecular weight is 446 g/mol. The Hall–Kier alpha value is -3.80. The molecule has 0 aliphatic carbocycles. The molecule has 6 nitrogen and oxygen atoms in total. The standard InChI is InChI=1S/C27H31N3O3/c1-20(31)28-26(22-8-6-5-7-9-22)18-27(32)30(24-14-16-25(33-4)17-15-24)19-21-10-12-23(13-11-21)29(2)3/h5-17,26H,18-19H2,1-4H3,(H,28,31). The molecule has 0 aliphatic rings. The Morgan fingerprint density at radius 3 is 2.03 bits per heavy atom. The molecule has 0 aromatic heterocycles. The second-order valence-electron chi connectivity index (χ2n) is 8.11. The van der Waals surface area contributed by atoms with E-state index in [1.54, 1.807) is 12.0 Å². The van der Waals surface area contributed by atoms with Crippen molar-refractivity contribution < 1.29 is 14.3 Å². The van der Waals surface area contributed by atoms with Crippen LogP contribution in [-0.2, 0) is 16.1 Å². The minimum atomic E-state index is -0.409. The third kappa shape index (κ3) is 6.59. The van der Waals surface area contributed by atoms with Gasteiger partial charge in [-0.2, -0.15) is 0 Å². The van der Waals surface area contributed by atoms with Gasteiger partial charge in [-0.1, -0.05) is 42.5 Å². The van der Waals surface area contributed by atoms with Gasteiger partial charge in [0.1, 0.15) is 5.75 Å². The molecule has 0 bridgehead atoms. The van der Waals surface area contributed by atoms with Crippen LogP contribution in [0.2, 0.25) is 0 Å². The summed E-state index contributed by atoms with van der Waals surface area (Å²) < 4.78 is 5.27. The molecule has 1 N–H and O–H groups in total. The number of amides is 2. The van der Waals surface area contributed by atoms with Gasteiger partial charge < -0.3 is 19.9 Å². The molecule has 1 atom stereocenters. The second kappa shape index (κ2) is 11.2. The molecule has 0 fully saturated rings. The molecule has 0 heterocycles. The number of carbonyl (C=O) groups is 2. The molecule has 0 saturated carbocycles. The van der Waals surface area contributed by atoms with Crippen LogP contribution >= 0.6 is 0 Å². The van der Waals surface area contributed by atoms with Crippen LogP contribution in [0.25, 0.3) is 0 Å². The normalized spacial score (nSPS) is 11.4. The SMILES string of the molecule is COc1ccc(N(Cc2ccc(N(C)C)cc2)C(=O)CC(NC(C)=O)c2ccccc2)cc1. The van der Waals surface area contributed by atoms with Gasteiger partial charge in [0.15, 0.2) is 0 Å². The van der Waals surface area contributed by atoms with Gasteiger partial charge in [0.05, 0.1) is 26.1 Å². The largest absolute Gasteiger partial charge is 0.497 e. The fraction of sp³-hybridized carbons (Fsp3) is 0.259. The van der Waals surface area contributed by atoms with E-state index in [0.29, 0.717) is 6.54 Å². The molecule has 0 saturated heterocycles. The van der Waals surface area contributed by atoms with E-state index in [9.17, 15) is 9.59 Å². The van der Waals surface area contributed by atoms with Gasteiger partial charge in [0.25, 0.3) is 0 Å². The molecule has 2 amide bonds. The van der Waals surface area contributed by atoms with Crippen LogP contribution < -0.4 is 19.9 Å². The molecule has 3 aromatic rings. The summed E-state index contributed by atoms with van der Waals surface area (Å²) in [5.74, 6) is 0.466. The lowest BCUT2D eigenvalue weighted by atomic mass is 10.0. The topological polar surface area (TPSA) is 61.9 Å². The smallest absolute Gasteiger partial charge is 0.229 e. The molecular formula is C27H31N3O3. The third-order valence-corrected chi connectivity index (χ3v) is 5.44. The zero-order valence-electron chi connectivity index (χ0n) is 19.6. The number of nitrogens with one attached hydrogen (secondary N) is 1. The van der Waals surface area contributed by atoms with Gasteiger partial charge in [-0.25, -0.2) is 0 Å². The Morgan fingerprint density at radius 2 is 1.48 bits per heavy atom.